The lowest BCUT2D eigenvalue weighted by molar-refractivity contribution is -0.117. The molecule has 0 atom stereocenters. The Hall–Kier alpha value is -1.01. The normalized spacial score (nSPS) is 11.4. The van der Waals surface area contributed by atoms with Gasteiger partial charge in [0.25, 0.3) is 0 Å². The number of benzene rings is 1. The molecule has 1 rings (SSSR count). The Morgan fingerprint density at radius 1 is 1.41 bits per heavy atom. The van der Waals surface area contributed by atoms with Crippen LogP contribution in [-0.2, 0) is 4.79 Å². The van der Waals surface area contributed by atoms with Crippen LogP contribution in [0.1, 0.15) is 20.3 Å². The van der Waals surface area contributed by atoms with E-state index in [-0.39, 0.29) is 10.9 Å². The summed E-state index contributed by atoms with van der Waals surface area (Å²) in [4.78, 5) is 11.5. The lowest BCUT2D eigenvalue weighted by Gasteiger charge is -2.17. The zero-order valence-electron chi connectivity index (χ0n) is 9.48. The van der Waals surface area contributed by atoms with Crippen molar-refractivity contribution in [2.45, 2.75) is 25.8 Å². The molecular weight excluding hydrogens is 294 g/mol. The van der Waals surface area contributed by atoms with Crippen molar-refractivity contribution in [2.75, 3.05) is 5.32 Å². The second-order valence-electron chi connectivity index (χ2n) is 4.46. The van der Waals surface area contributed by atoms with Crippen molar-refractivity contribution in [3.63, 3.8) is 0 Å². The van der Waals surface area contributed by atoms with Gasteiger partial charge in [-0.05, 0) is 26.0 Å². The van der Waals surface area contributed by atoms with E-state index in [1.54, 1.807) is 13.8 Å². The number of carbonyl (C=O) groups is 1. The summed E-state index contributed by atoms with van der Waals surface area (Å²) in [5, 5.41) is 2.17. The summed E-state index contributed by atoms with van der Waals surface area (Å²) in [6.07, 6.45) is -0.0258. The number of rotatable bonds is 3. The number of amides is 1. The van der Waals surface area contributed by atoms with Crippen molar-refractivity contribution >= 4 is 27.5 Å². The lowest BCUT2D eigenvalue weighted by atomic mass is 10.0. The Labute approximate surface area is 107 Å². The smallest absolute Gasteiger partial charge is 0.226 e. The second-order valence-corrected chi connectivity index (χ2v) is 5.37. The lowest BCUT2D eigenvalue weighted by Crippen LogP contribution is -2.36. The van der Waals surface area contributed by atoms with Crippen LogP contribution in [0.5, 0.6) is 0 Å². The molecule has 0 aliphatic carbocycles. The minimum atomic E-state index is -0.833. The first-order chi connectivity index (χ1) is 7.69. The van der Waals surface area contributed by atoms with E-state index in [9.17, 15) is 13.6 Å². The Kier molecular flexibility index (Phi) is 4.21. The van der Waals surface area contributed by atoms with Crippen LogP contribution in [0.25, 0.3) is 0 Å². The SMILES string of the molecule is CC(C)(N)CC(=O)Nc1c(F)cc(Br)cc1F. The van der Waals surface area contributed by atoms with Gasteiger partial charge in [0.1, 0.15) is 5.69 Å². The van der Waals surface area contributed by atoms with Gasteiger partial charge in [0.05, 0.1) is 0 Å². The Morgan fingerprint density at radius 3 is 2.29 bits per heavy atom. The number of nitrogens with one attached hydrogen (secondary N) is 1. The van der Waals surface area contributed by atoms with Gasteiger partial charge in [0.15, 0.2) is 11.6 Å². The zero-order valence-corrected chi connectivity index (χ0v) is 11.1. The fourth-order valence-corrected chi connectivity index (χ4v) is 1.66. The van der Waals surface area contributed by atoms with E-state index in [4.69, 9.17) is 5.73 Å². The first kappa shape index (κ1) is 14.1. The molecule has 1 aromatic rings. The average molecular weight is 307 g/mol. The van der Waals surface area contributed by atoms with Crippen molar-refractivity contribution in [3.8, 4) is 0 Å². The van der Waals surface area contributed by atoms with E-state index >= 15 is 0 Å². The molecule has 0 aliphatic rings. The summed E-state index contributed by atoms with van der Waals surface area (Å²) in [5.41, 5.74) is 4.45. The molecule has 6 heteroatoms. The molecule has 1 aromatic carbocycles. The van der Waals surface area contributed by atoms with Crippen LogP contribution in [-0.4, -0.2) is 11.4 Å². The standard InChI is InChI=1S/C11H13BrF2N2O/c1-11(2,15)5-9(17)16-10-7(13)3-6(12)4-8(10)14/h3-4H,5,15H2,1-2H3,(H,16,17). The Balaban J connectivity index is 2.86. The molecule has 0 heterocycles. The topological polar surface area (TPSA) is 55.1 Å². The number of hydrogen-bond donors (Lipinski definition) is 2. The predicted octanol–water partition coefficient (Wildman–Crippen LogP) is 2.79. The van der Waals surface area contributed by atoms with Gasteiger partial charge in [-0.1, -0.05) is 15.9 Å². The maximum absolute atomic E-state index is 13.4. The summed E-state index contributed by atoms with van der Waals surface area (Å²) in [6, 6.07) is 2.15. The van der Waals surface area contributed by atoms with Crippen LogP contribution in [0.4, 0.5) is 14.5 Å². The van der Waals surface area contributed by atoms with Crippen LogP contribution in [0.15, 0.2) is 16.6 Å². The van der Waals surface area contributed by atoms with E-state index in [0.717, 1.165) is 12.1 Å². The van der Waals surface area contributed by atoms with Crippen LogP contribution in [0, 0.1) is 11.6 Å². The van der Waals surface area contributed by atoms with Gasteiger partial charge < -0.3 is 11.1 Å². The zero-order chi connectivity index (χ0) is 13.2. The highest BCUT2D eigenvalue weighted by molar-refractivity contribution is 9.10. The van der Waals surface area contributed by atoms with Crippen molar-refractivity contribution in [3.05, 3.63) is 28.2 Å². The first-order valence-electron chi connectivity index (χ1n) is 4.92. The molecule has 0 radical (unpaired) electrons. The van der Waals surface area contributed by atoms with E-state index in [1.807, 2.05) is 0 Å². The summed E-state index contributed by atoms with van der Waals surface area (Å²) in [7, 11) is 0. The van der Waals surface area contributed by atoms with Crippen LogP contribution >= 0.6 is 15.9 Å². The molecule has 0 fully saturated rings. The third kappa shape index (κ3) is 4.40. The Morgan fingerprint density at radius 2 is 1.88 bits per heavy atom. The molecule has 17 heavy (non-hydrogen) atoms. The van der Waals surface area contributed by atoms with Crippen molar-refractivity contribution < 1.29 is 13.6 Å². The van der Waals surface area contributed by atoms with Gasteiger partial charge in [-0.3, -0.25) is 4.79 Å². The largest absolute Gasteiger partial charge is 0.325 e. The van der Waals surface area contributed by atoms with Crippen molar-refractivity contribution in [2.24, 2.45) is 5.73 Å². The number of halogens is 3. The molecule has 0 spiro atoms. The molecule has 0 bridgehead atoms. The summed E-state index contributed by atoms with van der Waals surface area (Å²) in [5.74, 6) is -2.20. The van der Waals surface area contributed by atoms with Gasteiger partial charge in [-0.2, -0.15) is 0 Å². The molecule has 0 saturated carbocycles. The minimum absolute atomic E-state index is 0.0258. The molecule has 0 aromatic heterocycles. The minimum Gasteiger partial charge on any atom is -0.325 e. The molecule has 1 amide bonds. The fraction of sp³-hybridized carbons (Fsp3) is 0.364. The van der Waals surface area contributed by atoms with Gasteiger partial charge in [-0.25, -0.2) is 8.78 Å². The molecular formula is C11H13BrF2N2O. The van der Waals surface area contributed by atoms with Crippen molar-refractivity contribution in [1.82, 2.24) is 0 Å². The third-order valence-electron chi connectivity index (χ3n) is 1.89. The van der Waals surface area contributed by atoms with E-state index < -0.39 is 28.8 Å². The van der Waals surface area contributed by atoms with E-state index in [1.165, 1.54) is 0 Å². The highest BCUT2D eigenvalue weighted by Gasteiger charge is 2.19. The summed E-state index contributed by atoms with van der Waals surface area (Å²) >= 11 is 2.95. The van der Waals surface area contributed by atoms with E-state index in [2.05, 4.69) is 21.2 Å². The van der Waals surface area contributed by atoms with Gasteiger partial charge in [0.2, 0.25) is 5.91 Å². The molecule has 0 aliphatic heterocycles. The number of nitrogens with two attached hydrogens (primary N) is 1. The van der Waals surface area contributed by atoms with E-state index in [0.29, 0.717) is 0 Å². The summed E-state index contributed by atoms with van der Waals surface area (Å²) < 4.78 is 27.0. The van der Waals surface area contributed by atoms with Crippen molar-refractivity contribution in [1.29, 1.82) is 0 Å². The Bertz CT molecular complexity index is 421. The molecule has 3 nitrogen and oxygen atoms in total. The average Bonchev–Trinajstić information content (AvgIpc) is 2.08. The van der Waals surface area contributed by atoms with Gasteiger partial charge >= 0.3 is 0 Å². The first-order valence-corrected chi connectivity index (χ1v) is 5.71. The quantitative estimate of drug-likeness (QED) is 0.902. The maximum atomic E-state index is 13.4. The predicted molar refractivity (Wildman–Crippen MR) is 65.6 cm³/mol. The highest BCUT2D eigenvalue weighted by Crippen LogP contribution is 2.24. The number of hydrogen-bond acceptors (Lipinski definition) is 2. The van der Waals surface area contributed by atoms with Gasteiger partial charge in [0, 0.05) is 16.4 Å². The third-order valence-corrected chi connectivity index (χ3v) is 2.35. The van der Waals surface area contributed by atoms with Crippen LogP contribution in [0.2, 0.25) is 0 Å². The highest BCUT2D eigenvalue weighted by atomic mass is 79.9. The second kappa shape index (κ2) is 5.10. The number of anilines is 1. The molecule has 94 valence electrons. The monoisotopic (exact) mass is 306 g/mol. The fourth-order valence-electron chi connectivity index (χ4n) is 1.26. The molecule has 0 unspecified atom stereocenters. The van der Waals surface area contributed by atoms with Crippen LogP contribution < -0.4 is 11.1 Å². The molecule has 3 N–H and O–H groups in total. The summed E-state index contributed by atoms with van der Waals surface area (Å²) in [6.45, 7) is 3.31. The maximum Gasteiger partial charge on any atom is 0.226 e. The van der Waals surface area contributed by atoms with Gasteiger partial charge in [-0.15, -0.1) is 0 Å². The number of carbonyl (C=O) groups excluding carboxylic acids is 1. The molecule has 0 saturated heterocycles. The van der Waals surface area contributed by atoms with Crippen LogP contribution in [0.3, 0.4) is 0 Å².